The van der Waals surface area contributed by atoms with Crippen molar-refractivity contribution in [3.8, 4) is 0 Å². The molecule has 15 heteroatoms. The summed E-state index contributed by atoms with van der Waals surface area (Å²) in [5.74, 6) is -0.484. The number of carbonyl (C=O) groups is 3. The minimum Gasteiger partial charge on any atom is -0.460 e. The highest BCUT2D eigenvalue weighted by Crippen LogP contribution is 2.36. The Hall–Kier alpha value is -4.82. The molecular weight excluding hydrogens is 624 g/mol. The number of carbonyl (C=O) groups excluding carboxylic acids is 3. The Morgan fingerprint density at radius 2 is 1.77 bits per heavy atom. The molecule has 1 aliphatic carbocycles. The van der Waals surface area contributed by atoms with E-state index in [9.17, 15) is 24.5 Å². The second-order valence-corrected chi connectivity index (χ2v) is 12.2. The summed E-state index contributed by atoms with van der Waals surface area (Å²) >= 11 is 0. The topological polar surface area (TPSA) is 189 Å². The lowest BCUT2D eigenvalue weighted by molar-refractivity contribution is -0.757. The first-order valence-corrected chi connectivity index (χ1v) is 16.5. The number of nitrogens with one attached hydrogen (secondary N) is 1. The van der Waals surface area contributed by atoms with Gasteiger partial charge in [0.1, 0.15) is 18.8 Å². The molecule has 0 saturated carbocycles. The molecule has 260 valence electrons. The maximum absolute atomic E-state index is 13.6. The van der Waals surface area contributed by atoms with Crippen molar-refractivity contribution in [2.75, 3.05) is 13.2 Å². The second-order valence-electron chi connectivity index (χ2n) is 12.2. The third-order valence-corrected chi connectivity index (χ3v) is 8.42. The van der Waals surface area contributed by atoms with Crippen LogP contribution in [0.25, 0.3) is 0 Å². The summed E-state index contributed by atoms with van der Waals surface area (Å²) < 4.78 is 16.2. The normalized spacial score (nSPS) is 20.6. The SMILES string of the molecule is CCCCC(=O)N(Cc1ccc(C2C=CC=CC2c2nn[nH]n2)cc1)C(C(=O)OCC1OC(=O)OC1CCCCCO[N+](=O)[O-])C(C)C. The number of benzene rings is 1. The van der Waals surface area contributed by atoms with E-state index in [0.29, 0.717) is 44.3 Å². The molecule has 2 heterocycles. The third-order valence-electron chi connectivity index (χ3n) is 8.42. The zero-order valence-corrected chi connectivity index (χ0v) is 27.6. The molecule has 1 aromatic heterocycles. The number of ether oxygens (including phenoxy) is 3. The predicted octanol–water partition coefficient (Wildman–Crippen LogP) is 4.95. The van der Waals surface area contributed by atoms with Gasteiger partial charge in [-0.15, -0.1) is 20.3 Å². The highest BCUT2D eigenvalue weighted by atomic mass is 16.9. The quantitative estimate of drug-likeness (QED) is 0.0919. The molecule has 1 fully saturated rings. The molecule has 15 nitrogen and oxygen atoms in total. The lowest BCUT2D eigenvalue weighted by Gasteiger charge is -2.33. The van der Waals surface area contributed by atoms with Gasteiger partial charge in [-0.1, -0.05) is 87.4 Å². The van der Waals surface area contributed by atoms with Crippen LogP contribution in [0.1, 0.15) is 94.5 Å². The minimum atomic E-state index is -0.874. The number of cyclic esters (lactones) is 2. The number of H-pyrrole nitrogens is 1. The monoisotopic (exact) mass is 668 g/mol. The van der Waals surface area contributed by atoms with Gasteiger partial charge >= 0.3 is 12.1 Å². The number of aromatic nitrogens is 4. The highest BCUT2D eigenvalue weighted by molar-refractivity contribution is 5.85. The van der Waals surface area contributed by atoms with Crippen LogP contribution in [0.4, 0.5) is 4.79 Å². The molecule has 5 atom stereocenters. The third kappa shape index (κ3) is 10.1. The first kappa shape index (κ1) is 36.0. The van der Waals surface area contributed by atoms with Crippen LogP contribution >= 0.6 is 0 Å². The molecule has 1 N–H and O–H groups in total. The van der Waals surface area contributed by atoms with Crippen LogP contribution < -0.4 is 0 Å². The molecular formula is C33H44N6O9. The molecule has 1 saturated heterocycles. The Balaban J connectivity index is 1.41. The van der Waals surface area contributed by atoms with Crippen LogP contribution in [0.3, 0.4) is 0 Å². The number of amides is 1. The molecule has 0 bridgehead atoms. The van der Waals surface area contributed by atoms with Gasteiger partial charge in [0.2, 0.25) is 5.91 Å². The van der Waals surface area contributed by atoms with Gasteiger partial charge in [-0.05, 0) is 42.7 Å². The molecule has 1 amide bonds. The second kappa shape index (κ2) is 17.9. The van der Waals surface area contributed by atoms with E-state index in [1.54, 1.807) is 4.90 Å². The van der Waals surface area contributed by atoms with Crippen LogP contribution in [-0.4, -0.2) is 80.1 Å². The molecule has 1 aromatic carbocycles. The van der Waals surface area contributed by atoms with Gasteiger partial charge in [0.05, 0.1) is 12.5 Å². The summed E-state index contributed by atoms with van der Waals surface area (Å²) in [6.07, 6.45) is 9.72. The van der Waals surface area contributed by atoms with Gasteiger partial charge in [-0.2, -0.15) is 5.21 Å². The number of nitrogens with zero attached hydrogens (tertiary/aromatic N) is 5. The zero-order valence-electron chi connectivity index (χ0n) is 27.6. The van der Waals surface area contributed by atoms with E-state index in [-0.39, 0.29) is 43.4 Å². The zero-order chi connectivity index (χ0) is 34.5. The number of hydrogen-bond acceptors (Lipinski definition) is 12. The van der Waals surface area contributed by atoms with Gasteiger partial charge in [-0.25, -0.2) is 9.59 Å². The largest absolute Gasteiger partial charge is 0.509 e. The van der Waals surface area contributed by atoms with Crippen molar-refractivity contribution < 1.29 is 38.5 Å². The van der Waals surface area contributed by atoms with Gasteiger partial charge in [0, 0.05) is 18.9 Å². The first-order valence-electron chi connectivity index (χ1n) is 16.5. The van der Waals surface area contributed by atoms with Gasteiger partial charge in [0.25, 0.3) is 5.09 Å². The number of aromatic amines is 1. The van der Waals surface area contributed by atoms with Crippen molar-refractivity contribution in [1.29, 1.82) is 0 Å². The van der Waals surface area contributed by atoms with Crippen LogP contribution in [0.2, 0.25) is 0 Å². The van der Waals surface area contributed by atoms with E-state index in [2.05, 4.69) is 31.5 Å². The summed E-state index contributed by atoms with van der Waals surface area (Å²) in [6, 6.07) is 7.07. The molecule has 2 aromatic rings. The number of hydrogen-bond donors (Lipinski definition) is 1. The summed E-state index contributed by atoms with van der Waals surface area (Å²) in [7, 11) is 0. The molecule has 0 radical (unpaired) electrons. The number of rotatable bonds is 19. The minimum absolute atomic E-state index is 0.00225. The van der Waals surface area contributed by atoms with Crippen molar-refractivity contribution in [1.82, 2.24) is 25.5 Å². The van der Waals surface area contributed by atoms with Crippen molar-refractivity contribution in [2.24, 2.45) is 5.92 Å². The smallest absolute Gasteiger partial charge is 0.460 e. The van der Waals surface area contributed by atoms with Crippen LogP contribution in [0.15, 0.2) is 48.6 Å². The van der Waals surface area contributed by atoms with Crippen molar-refractivity contribution in [3.05, 3.63) is 75.6 Å². The predicted molar refractivity (Wildman–Crippen MR) is 171 cm³/mol. The van der Waals surface area contributed by atoms with E-state index < -0.39 is 35.5 Å². The maximum atomic E-state index is 13.6. The molecule has 4 rings (SSSR count). The number of unbranched alkanes of at least 4 members (excludes halogenated alkanes) is 3. The Morgan fingerprint density at radius 1 is 1.04 bits per heavy atom. The van der Waals surface area contributed by atoms with Gasteiger partial charge in [-0.3, -0.25) is 4.79 Å². The Labute approximate surface area is 279 Å². The molecule has 0 spiro atoms. The fourth-order valence-corrected chi connectivity index (χ4v) is 5.92. The highest BCUT2D eigenvalue weighted by Gasteiger charge is 2.39. The van der Waals surface area contributed by atoms with E-state index in [4.69, 9.17) is 14.2 Å². The number of allylic oxidation sites excluding steroid dienone is 4. The summed E-state index contributed by atoms with van der Waals surface area (Å²) in [5.41, 5.74) is 1.90. The maximum Gasteiger partial charge on any atom is 0.509 e. The van der Waals surface area contributed by atoms with E-state index in [0.717, 1.165) is 17.5 Å². The van der Waals surface area contributed by atoms with Crippen molar-refractivity contribution in [2.45, 2.75) is 102 Å². The van der Waals surface area contributed by atoms with E-state index >= 15 is 0 Å². The number of esters is 1. The van der Waals surface area contributed by atoms with Gasteiger partial charge < -0.3 is 23.9 Å². The average molecular weight is 669 g/mol. The van der Waals surface area contributed by atoms with Crippen LogP contribution in [0.5, 0.6) is 0 Å². The fourth-order valence-electron chi connectivity index (χ4n) is 5.92. The van der Waals surface area contributed by atoms with Crippen molar-refractivity contribution >= 4 is 18.0 Å². The Morgan fingerprint density at radius 3 is 2.44 bits per heavy atom. The fraction of sp³-hybridized carbons (Fsp3) is 0.576. The summed E-state index contributed by atoms with van der Waals surface area (Å²) in [6.45, 7) is 5.70. The number of tetrazole rings is 1. The van der Waals surface area contributed by atoms with Crippen LogP contribution in [0, 0.1) is 16.0 Å². The Kier molecular flexibility index (Phi) is 13.4. The first-order chi connectivity index (χ1) is 23.2. The molecule has 48 heavy (non-hydrogen) atoms. The van der Waals surface area contributed by atoms with Crippen molar-refractivity contribution in [3.63, 3.8) is 0 Å². The average Bonchev–Trinajstić information content (AvgIpc) is 3.73. The standard InChI is InChI=1S/C33H44N6O9/c1-4-5-14-29(40)38(20-23-15-17-24(18-16-23)25-11-8-9-12-26(25)31-34-36-37-35-31)30(22(2)3)32(41)45-21-28-27(47-33(42)48-28)13-7-6-10-19-46-39(43)44/h8-9,11-12,15-18,22,25-28,30H,4-7,10,13-14,19-21H2,1-3H3,(H,34,35,36,37). The summed E-state index contributed by atoms with van der Waals surface area (Å²) in [5, 5.41) is 24.0. The Bertz CT molecular complexity index is 1410. The van der Waals surface area contributed by atoms with E-state index in [1.807, 2.05) is 63.3 Å². The molecule has 1 aliphatic heterocycles. The van der Waals surface area contributed by atoms with E-state index in [1.165, 1.54) is 0 Å². The van der Waals surface area contributed by atoms with Crippen LogP contribution in [-0.2, 0) is 35.2 Å². The lowest BCUT2D eigenvalue weighted by atomic mass is 9.82. The molecule has 5 unspecified atom stereocenters. The lowest BCUT2D eigenvalue weighted by Crippen LogP contribution is -2.49. The van der Waals surface area contributed by atoms with Gasteiger partial charge in [0.15, 0.2) is 11.9 Å². The molecule has 2 aliphatic rings. The summed E-state index contributed by atoms with van der Waals surface area (Å²) in [4.78, 5) is 55.3.